The summed E-state index contributed by atoms with van der Waals surface area (Å²) in [5.74, 6) is 0.116. The highest BCUT2D eigenvalue weighted by molar-refractivity contribution is 5.97. The van der Waals surface area contributed by atoms with E-state index < -0.39 is 0 Å². The number of ketones is 1. The molecule has 0 spiro atoms. The van der Waals surface area contributed by atoms with Crippen LogP contribution in [0.2, 0.25) is 0 Å². The Balaban J connectivity index is 3.10. The van der Waals surface area contributed by atoms with Crippen LogP contribution in [-0.2, 0) is 4.79 Å². The number of carbonyl (C=O) groups is 1. The molecule has 0 radical (unpaired) electrons. The largest absolute Gasteiger partial charge is 0.292 e. The summed E-state index contributed by atoms with van der Waals surface area (Å²) in [6, 6.07) is 0. The van der Waals surface area contributed by atoms with Crippen LogP contribution >= 0.6 is 0 Å². The second kappa shape index (κ2) is 4.17. The fourth-order valence-corrected chi connectivity index (χ4v) is 1.59. The van der Waals surface area contributed by atoms with Gasteiger partial charge in [-0.05, 0) is 38.5 Å². The van der Waals surface area contributed by atoms with E-state index in [0.717, 1.165) is 30.4 Å². The molecule has 0 aromatic heterocycles. The van der Waals surface area contributed by atoms with Gasteiger partial charge in [0.15, 0.2) is 5.78 Å². The first-order chi connectivity index (χ1) is 6.16. The number of Topliss-reactive ketones (excluding diaryl/α,β-unsaturated/α-hetero) is 1. The fraction of sp³-hybridized carbons (Fsp3) is 0.455. The monoisotopic (exact) mass is 177 g/mol. The van der Waals surface area contributed by atoms with E-state index in [1.807, 2.05) is 6.92 Å². The van der Waals surface area contributed by atoms with E-state index in [1.165, 1.54) is 0 Å². The Hall–Kier alpha value is -1.18. The summed E-state index contributed by atoms with van der Waals surface area (Å²) in [6.07, 6.45) is 3.52. The molecule has 0 saturated heterocycles. The second-order valence-electron chi connectivity index (χ2n) is 3.40. The lowest BCUT2D eigenvalue weighted by Gasteiger charge is -2.06. The normalized spacial score (nSPS) is 18.4. The second-order valence-corrected chi connectivity index (χ2v) is 3.40. The summed E-state index contributed by atoms with van der Waals surface area (Å²) in [5, 5.41) is 0. The molecule has 0 aromatic rings. The minimum absolute atomic E-state index is 0.116. The van der Waals surface area contributed by atoms with Crippen LogP contribution in [0, 0.1) is 0 Å². The third-order valence-electron chi connectivity index (χ3n) is 2.30. The van der Waals surface area contributed by atoms with Crippen molar-refractivity contribution >= 4 is 12.5 Å². The first-order valence-electron chi connectivity index (χ1n) is 4.55. The molecule has 0 bridgehead atoms. The van der Waals surface area contributed by atoms with Gasteiger partial charge in [-0.15, -0.1) is 0 Å². The van der Waals surface area contributed by atoms with Gasteiger partial charge >= 0.3 is 0 Å². The molecule has 13 heavy (non-hydrogen) atoms. The molecule has 0 aromatic carbocycles. The molecule has 2 heteroatoms. The molecule has 1 rings (SSSR count). The minimum Gasteiger partial charge on any atom is -0.292 e. The SMILES string of the molecule is C=NC1=C(C(=C)C)CCCCC1=O. The molecule has 0 atom stereocenters. The van der Waals surface area contributed by atoms with E-state index in [1.54, 1.807) is 0 Å². The Morgan fingerprint density at radius 2 is 2.00 bits per heavy atom. The molecule has 0 unspecified atom stereocenters. The molecular formula is C11H15NO. The first-order valence-corrected chi connectivity index (χ1v) is 4.55. The Morgan fingerprint density at radius 3 is 2.54 bits per heavy atom. The van der Waals surface area contributed by atoms with Gasteiger partial charge in [-0.3, -0.25) is 9.79 Å². The van der Waals surface area contributed by atoms with E-state index >= 15 is 0 Å². The van der Waals surface area contributed by atoms with E-state index in [-0.39, 0.29) is 5.78 Å². The maximum atomic E-state index is 11.5. The summed E-state index contributed by atoms with van der Waals surface area (Å²) in [6.45, 7) is 9.21. The minimum atomic E-state index is 0.116. The third-order valence-corrected chi connectivity index (χ3v) is 2.30. The van der Waals surface area contributed by atoms with Gasteiger partial charge < -0.3 is 0 Å². The van der Waals surface area contributed by atoms with Gasteiger partial charge in [-0.25, -0.2) is 0 Å². The molecule has 0 aliphatic heterocycles. The quantitative estimate of drug-likeness (QED) is 0.596. The van der Waals surface area contributed by atoms with Gasteiger partial charge in [0, 0.05) is 6.42 Å². The maximum absolute atomic E-state index is 11.5. The van der Waals surface area contributed by atoms with Crippen molar-refractivity contribution in [1.29, 1.82) is 0 Å². The molecule has 0 amide bonds. The van der Waals surface area contributed by atoms with Gasteiger partial charge in [0.2, 0.25) is 0 Å². The van der Waals surface area contributed by atoms with Crippen LogP contribution < -0.4 is 0 Å². The standard InChI is InChI=1S/C11H15NO/c1-8(2)9-6-4-5-7-10(13)11(9)12-3/h1,3-7H2,2H3. The lowest BCUT2D eigenvalue weighted by atomic mass is 10.0. The van der Waals surface area contributed by atoms with Crippen LogP contribution in [-0.4, -0.2) is 12.5 Å². The number of allylic oxidation sites excluding steroid dienone is 3. The molecule has 70 valence electrons. The average molecular weight is 177 g/mol. The summed E-state index contributed by atoms with van der Waals surface area (Å²) >= 11 is 0. The van der Waals surface area contributed by atoms with Crippen molar-refractivity contribution in [3.8, 4) is 0 Å². The fourth-order valence-electron chi connectivity index (χ4n) is 1.59. The summed E-state index contributed by atoms with van der Waals surface area (Å²) in [7, 11) is 0. The number of hydrogen-bond acceptors (Lipinski definition) is 2. The lowest BCUT2D eigenvalue weighted by Crippen LogP contribution is -2.01. The van der Waals surface area contributed by atoms with E-state index in [9.17, 15) is 4.79 Å². The van der Waals surface area contributed by atoms with Crippen molar-refractivity contribution in [1.82, 2.24) is 0 Å². The summed E-state index contributed by atoms with van der Waals surface area (Å²) in [4.78, 5) is 15.3. The molecule has 0 fully saturated rings. The highest BCUT2D eigenvalue weighted by Crippen LogP contribution is 2.26. The topological polar surface area (TPSA) is 29.4 Å². The summed E-state index contributed by atoms with van der Waals surface area (Å²) in [5.41, 5.74) is 2.49. The predicted octanol–water partition coefficient (Wildman–Crippen LogP) is 2.66. The van der Waals surface area contributed by atoms with Crippen LogP contribution in [0.3, 0.4) is 0 Å². The van der Waals surface area contributed by atoms with Crippen molar-refractivity contribution in [2.24, 2.45) is 4.99 Å². The van der Waals surface area contributed by atoms with E-state index in [4.69, 9.17) is 0 Å². The van der Waals surface area contributed by atoms with Crippen molar-refractivity contribution in [3.63, 3.8) is 0 Å². The molecule has 1 aliphatic rings. The van der Waals surface area contributed by atoms with Crippen molar-refractivity contribution in [3.05, 3.63) is 23.4 Å². The predicted molar refractivity (Wildman–Crippen MR) is 54.9 cm³/mol. The van der Waals surface area contributed by atoms with Gasteiger partial charge in [0.05, 0.1) is 0 Å². The lowest BCUT2D eigenvalue weighted by molar-refractivity contribution is -0.115. The van der Waals surface area contributed by atoms with Crippen LogP contribution in [0.15, 0.2) is 28.4 Å². The van der Waals surface area contributed by atoms with E-state index in [2.05, 4.69) is 18.3 Å². The molecular weight excluding hydrogens is 162 g/mol. The smallest absolute Gasteiger partial charge is 0.181 e. The molecule has 0 saturated carbocycles. The molecule has 1 aliphatic carbocycles. The number of nitrogens with zero attached hydrogens (tertiary/aromatic N) is 1. The first kappa shape index (κ1) is 9.90. The number of rotatable bonds is 2. The Morgan fingerprint density at radius 1 is 1.38 bits per heavy atom. The van der Waals surface area contributed by atoms with Crippen LogP contribution in [0.4, 0.5) is 0 Å². The highest BCUT2D eigenvalue weighted by Gasteiger charge is 2.17. The number of hydrogen-bond donors (Lipinski definition) is 0. The van der Waals surface area contributed by atoms with Crippen molar-refractivity contribution in [2.75, 3.05) is 0 Å². The van der Waals surface area contributed by atoms with Crippen molar-refractivity contribution < 1.29 is 4.79 Å². The summed E-state index contributed by atoms with van der Waals surface area (Å²) < 4.78 is 0. The third kappa shape index (κ3) is 2.14. The Labute approximate surface area is 79.1 Å². The highest BCUT2D eigenvalue weighted by atomic mass is 16.1. The molecule has 2 nitrogen and oxygen atoms in total. The van der Waals surface area contributed by atoms with Gasteiger partial charge in [0.1, 0.15) is 5.70 Å². The molecule has 0 heterocycles. The van der Waals surface area contributed by atoms with Crippen molar-refractivity contribution in [2.45, 2.75) is 32.6 Å². The van der Waals surface area contributed by atoms with E-state index in [0.29, 0.717) is 12.1 Å². The maximum Gasteiger partial charge on any atom is 0.181 e. The van der Waals surface area contributed by atoms with Crippen LogP contribution in [0.1, 0.15) is 32.6 Å². The Kier molecular flexibility index (Phi) is 3.18. The number of carbonyl (C=O) groups excluding carboxylic acids is 1. The zero-order chi connectivity index (χ0) is 9.84. The number of aliphatic imine (C=N–C) groups is 1. The average Bonchev–Trinajstić information content (AvgIpc) is 2.26. The van der Waals surface area contributed by atoms with Gasteiger partial charge in [-0.2, -0.15) is 0 Å². The van der Waals surface area contributed by atoms with Gasteiger partial charge in [0.25, 0.3) is 0 Å². The zero-order valence-electron chi connectivity index (χ0n) is 8.10. The van der Waals surface area contributed by atoms with Crippen LogP contribution in [0.25, 0.3) is 0 Å². The van der Waals surface area contributed by atoms with Crippen LogP contribution in [0.5, 0.6) is 0 Å². The van der Waals surface area contributed by atoms with Gasteiger partial charge in [-0.1, -0.05) is 12.2 Å². The zero-order valence-corrected chi connectivity index (χ0v) is 8.10. The Bertz CT molecular complexity index is 286. The molecule has 0 N–H and O–H groups in total.